The number of hydrogen-bond donors (Lipinski definition) is 1. The molecule has 0 fully saturated rings. The van der Waals surface area contributed by atoms with Gasteiger partial charge in [0, 0.05) is 9.75 Å². The first kappa shape index (κ1) is 19.8. The monoisotopic (exact) mass is 441 g/mol. The SMILES string of the molecule is Cc1ccc(C(NC(=O)CSc2nnnn2Cc2cccs2)c2cccs2)cc1. The summed E-state index contributed by atoms with van der Waals surface area (Å²) >= 11 is 4.63. The molecule has 29 heavy (non-hydrogen) atoms. The second-order valence-electron chi connectivity index (χ2n) is 6.41. The van der Waals surface area contributed by atoms with Crippen LogP contribution < -0.4 is 5.32 Å². The summed E-state index contributed by atoms with van der Waals surface area (Å²) in [7, 11) is 0. The van der Waals surface area contributed by atoms with E-state index in [0.29, 0.717) is 11.7 Å². The van der Waals surface area contributed by atoms with Gasteiger partial charge in [-0.15, -0.1) is 27.8 Å². The van der Waals surface area contributed by atoms with Crippen LogP contribution in [0.25, 0.3) is 0 Å². The molecule has 0 radical (unpaired) electrons. The maximum atomic E-state index is 12.7. The van der Waals surface area contributed by atoms with E-state index < -0.39 is 0 Å². The smallest absolute Gasteiger partial charge is 0.231 e. The topological polar surface area (TPSA) is 72.7 Å². The molecular formula is C20H19N5OS3. The zero-order chi connectivity index (χ0) is 20.1. The molecule has 1 unspecified atom stereocenters. The first-order chi connectivity index (χ1) is 14.2. The Labute approximate surface area is 181 Å². The fraction of sp³-hybridized carbons (Fsp3) is 0.200. The van der Waals surface area contributed by atoms with Gasteiger partial charge >= 0.3 is 0 Å². The molecule has 0 aliphatic heterocycles. The minimum Gasteiger partial charge on any atom is -0.344 e. The van der Waals surface area contributed by atoms with Crippen molar-refractivity contribution >= 4 is 40.3 Å². The van der Waals surface area contributed by atoms with Crippen LogP contribution in [0.15, 0.2) is 64.4 Å². The third-order valence-electron chi connectivity index (χ3n) is 4.26. The standard InChI is InChI=1S/C20H19N5OS3/c1-14-6-8-15(9-7-14)19(17-5-3-11-28-17)21-18(26)13-29-20-22-23-24-25(20)12-16-4-2-10-27-16/h2-11,19H,12-13H2,1H3,(H,21,26). The van der Waals surface area contributed by atoms with Crippen LogP contribution in [0.4, 0.5) is 0 Å². The first-order valence-corrected chi connectivity index (χ1v) is 11.7. The van der Waals surface area contributed by atoms with Gasteiger partial charge < -0.3 is 5.32 Å². The number of thiophene rings is 2. The van der Waals surface area contributed by atoms with Crippen molar-refractivity contribution in [2.75, 3.05) is 5.75 Å². The van der Waals surface area contributed by atoms with E-state index in [9.17, 15) is 4.79 Å². The number of tetrazole rings is 1. The van der Waals surface area contributed by atoms with Crippen molar-refractivity contribution in [3.63, 3.8) is 0 Å². The Balaban J connectivity index is 1.41. The molecule has 148 valence electrons. The molecule has 1 N–H and O–H groups in total. The van der Waals surface area contributed by atoms with Crippen LogP contribution in [0.3, 0.4) is 0 Å². The van der Waals surface area contributed by atoms with Gasteiger partial charge in [0.25, 0.3) is 0 Å². The number of amides is 1. The van der Waals surface area contributed by atoms with Crippen LogP contribution in [0, 0.1) is 6.92 Å². The lowest BCUT2D eigenvalue weighted by Crippen LogP contribution is -2.30. The predicted octanol–water partition coefficient (Wildman–Crippen LogP) is 4.15. The van der Waals surface area contributed by atoms with E-state index in [1.165, 1.54) is 22.2 Å². The van der Waals surface area contributed by atoms with E-state index in [0.717, 1.165) is 10.4 Å². The van der Waals surface area contributed by atoms with E-state index >= 15 is 0 Å². The van der Waals surface area contributed by atoms with Gasteiger partial charge in [0.15, 0.2) is 0 Å². The molecule has 1 amide bonds. The zero-order valence-corrected chi connectivity index (χ0v) is 18.1. The molecule has 6 nitrogen and oxygen atoms in total. The van der Waals surface area contributed by atoms with Gasteiger partial charge in [-0.05, 0) is 45.8 Å². The molecule has 0 bridgehead atoms. The van der Waals surface area contributed by atoms with E-state index in [4.69, 9.17) is 0 Å². The molecule has 0 spiro atoms. The Morgan fingerprint density at radius 1 is 1.14 bits per heavy atom. The van der Waals surface area contributed by atoms with E-state index in [-0.39, 0.29) is 17.7 Å². The maximum Gasteiger partial charge on any atom is 0.231 e. The van der Waals surface area contributed by atoms with Crippen molar-refractivity contribution in [3.8, 4) is 0 Å². The number of nitrogens with one attached hydrogen (secondary N) is 1. The number of benzene rings is 1. The number of nitrogens with zero attached hydrogens (tertiary/aromatic N) is 4. The van der Waals surface area contributed by atoms with Crippen LogP contribution >= 0.6 is 34.4 Å². The van der Waals surface area contributed by atoms with Crippen LogP contribution in [0.2, 0.25) is 0 Å². The summed E-state index contributed by atoms with van der Waals surface area (Å²) in [5.41, 5.74) is 2.26. The molecule has 1 atom stereocenters. The molecule has 3 aromatic heterocycles. The molecule has 9 heteroatoms. The van der Waals surface area contributed by atoms with Crippen LogP contribution in [-0.4, -0.2) is 31.9 Å². The van der Waals surface area contributed by atoms with Crippen LogP contribution in [0.1, 0.15) is 26.9 Å². The predicted molar refractivity (Wildman–Crippen MR) is 117 cm³/mol. The summed E-state index contributed by atoms with van der Waals surface area (Å²) in [5.74, 6) is 0.193. The second-order valence-corrected chi connectivity index (χ2v) is 9.37. The fourth-order valence-electron chi connectivity index (χ4n) is 2.82. The zero-order valence-electron chi connectivity index (χ0n) is 15.7. The van der Waals surface area contributed by atoms with Gasteiger partial charge in [-0.3, -0.25) is 4.79 Å². The highest BCUT2D eigenvalue weighted by Gasteiger charge is 2.19. The molecule has 0 aliphatic carbocycles. The summed E-state index contributed by atoms with van der Waals surface area (Å²) < 4.78 is 1.72. The highest BCUT2D eigenvalue weighted by molar-refractivity contribution is 7.99. The van der Waals surface area contributed by atoms with Gasteiger partial charge in [-0.2, -0.15) is 0 Å². The van der Waals surface area contributed by atoms with E-state index in [1.54, 1.807) is 27.4 Å². The average molecular weight is 442 g/mol. The van der Waals surface area contributed by atoms with Crippen LogP contribution in [0.5, 0.6) is 0 Å². The highest BCUT2D eigenvalue weighted by atomic mass is 32.2. The number of carbonyl (C=O) groups is 1. The minimum absolute atomic E-state index is 0.0559. The lowest BCUT2D eigenvalue weighted by atomic mass is 10.0. The van der Waals surface area contributed by atoms with Gasteiger partial charge in [0.2, 0.25) is 11.1 Å². The summed E-state index contributed by atoms with van der Waals surface area (Å²) in [4.78, 5) is 15.0. The number of aromatic nitrogens is 4. The Hall–Kier alpha value is -2.49. The lowest BCUT2D eigenvalue weighted by molar-refractivity contribution is -0.119. The number of aryl methyl sites for hydroxylation is 1. The molecular weight excluding hydrogens is 422 g/mol. The fourth-order valence-corrected chi connectivity index (χ4v) is 4.99. The Morgan fingerprint density at radius 2 is 1.93 bits per heavy atom. The lowest BCUT2D eigenvalue weighted by Gasteiger charge is -2.18. The minimum atomic E-state index is -0.161. The summed E-state index contributed by atoms with van der Waals surface area (Å²) in [6, 6.07) is 16.2. The normalized spacial score (nSPS) is 12.0. The second kappa shape index (κ2) is 9.34. The van der Waals surface area contributed by atoms with Gasteiger partial charge in [0.05, 0.1) is 18.3 Å². The third-order valence-corrected chi connectivity index (χ3v) is 7.02. The number of thioether (sulfide) groups is 1. The number of carbonyl (C=O) groups excluding carboxylic acids is 1. The van der Waals surface area contributed by atoms with Crippen molar-refractivity contribution in [2.24, 2.45) is 0 Å². The van der Waals surface area contributed by atoms with Crippen molar-refractivity contribution in [1.82, 2.24) is 25.5 Å². The first-order valence-electron chi connectivity index (χ1n) is 9.00. The van der Waals surface area contributed by atoms with Crippen molar-refractivity contribution in [1.29, 1.82) is 0 Å². The molecule has 1 aromatic carbocycles. The summed E-state index contributed by atoms with van der Waals surface area (Å²) in [5, 5.41) is 19.7. The van der Waals surface area contributed by atoms with Crippen molar-refractivity contribution in [2.45, 2.75) is 24.7 Å². The number of hydrogen-bond acceptors (Lipinski definition) is 7. The quantitative estimate of drug-likeness (QED) is 0.416. The van der Waals surface area contributed by atoms with Crippen LogP contribution in [-0.2, 0) is 11.3 Å². The molecule has 0 aliphatic rings. The molecule has 0 saturated heterocycles. The van der Waals surface area contributed by atoms with Crippen molar-refractivity contribution < 1.29 is 4.79 Å². The number of rotatable bonds is 8. The molecule has 4 rings (SSSR count). The Bertz CT molecular complexity index is 1040. The van der Waals surface area contributed by atoms with Gasteiger partial charge in [-0.25, -0.2) is 4.68 Å². The highest BCUT2D eigenvalue weighted by Crippen LogP contribution is 2.27. The molecule has 4 aromatic rings. The van der Waals surface area contributed by atoms with Gasteiger partial charge in [0.1, 0.15) is 0 Å². The van der Waals surface area contributed by atoms with E-state index in [2.05, 4.69) is 52.0 Å². The average Bonchev–Trinajstić information content (AvgIpc) is 3.49. The summed E-state index contributed by atoms with van der Waals surface area (Å²) in [6.45, 7) is 2.66. The van der Waals surface area contributed by atoms with Crippen molar-refractivity contribution in [3.05, 3.63) is 80.2 Å². The third kappa shape index (κ3) is 5.11. The Morgan fingerprint density at radius 3 is 2.66 bits per heavy atom. The van der Waals surface area contributed by atoms with Gasteiger partial charge in [-0.1, -0.05) is 53.7 Å². The largest absolute Gasteiger partial charge is 0.344 e. The summed E-state index contributed by atoms with van der Waals surface area (Å²) in [6.07, 6.45) is 0. The molecule has 3 heterocycles. The maximum absolute atomic E-state index is 12.7. The molecule has 0 saturated carbocycles. The van der Waals surface area contributed by atoms with E-state index in [1.807, 2.05) is 35.0 Å². The Kier molecular flexibility index (Phi) is 6.38.